The van der Waals surface area contributed by atoms with Gasteiger partial charge >= 0.3 is 0 Å². The molecule has 2 aromatic carbocycles. The van der Waals surface area contributed by atoms with Gasteiger partial charge in [-0.2, -0.15) is 0 Å². The average Bonchev–Trinajstić information content (AvgIpc) is 3.71. The minimum Gasteiger partial charge on any atom is -0.350 e. The largest absolute Gasteiger partial charge is 0.350 e. The van der Waals surface area contributed by atoms with Gasteiger partial charge in [-0.15, -0.1) is 0 Å². The van der Waals surface area contributed by atoms with E-state index in [1.807, 2.05) is 0 Å². The Labute approximate surface area is 257 Å². The molecule has 5 rings (SSSR count). The zero-order chi connectivity index (χ0) is 31.7. The summed E-state index contributed by atoms with van der Waals surface area (Å²) in [7, 11) is 0. The number of hydrogen-bond acceptors (Lipinski definition) is 5. The summed E-state index contributed by atoms with van der Waals surface area (Å²) in [5.41, 5.74) is 1.24. The van der Waals surface area contributed by atoms with Gasteiger partial charge in [0, 0.05) is 67.3 Å². The van der Waals surface area contributed by atoms with Crippen LogP contribution in [0.15, 0.2) is 42.6 Å². The van der Waals surface area contributed by atoms with Crippen LogP contribution >= 0.6 is 11.6 Å². The van der Waals surface area contributed by atoms with E-state index in [1.165, 1.54) is 36.7 Å². The lowest BCUT2D eigenvalue weighted by atomic mass is 10.1. The van der Waals surface area contributed by atoms with E-state index in [2.05, 4.69) is 10.6 Å². The Morgan fingerprint density at radius 2 is 1.84 bits per heavy atom. The molecular weight excluding hydrogens is 596 g/mol. The number of halogens is 3. The van der Waals surface area contributed by atoms with E-state index in [-0.39, 0.29) is 60.3 Å². The van der Waals surface area contributed by atoms with E-state index in [1.54, 1.807) is 29.2 Å². The highest BCUT2D eigenvalue weighted by atomic mass is 35.5. The summed E-state index contributed by atoms with van der Waals surface area (Å²) in [6.45, 7) is 3.03. The second kappa shape index (κ2) is 12.7. The van der Waals surface area contributed by atoms with Crippen LogP contribution in [0.5, 0.6) is 0 Å². The molecule has 44 heavy (non-hydrogen) atoms. The lowest BCUT2D eigenvalue weighted by Crippen LogP contribution is -2.46. The van der Waals surface area contributed by atoms with Crippen molar-refractivity contribution in [3.8, 4) is 0 Å². The van der Waals surface area contributed by atoms with Crippen LogP contribution in [-0.4, -0.2) is 81.7 Å². The molecule has 232 valence electrons. The number of nitrogens with zero attached hydrogens (tertiary/aromatic N) is 3. The molecule has 0 aliphatic carbocycles. The van der Waals surface area contributed by atoms with Gasteiger partial charge in [-0.3, -0.25) is 24.0 Å². The first-order valence-electron chi connectivity index (χ1n) is 14.3. The third-order valence-corrected chi connectivity index (χ3v) is 8.45. The van der Waals surface area contributed by atoms with Crippen LogP contribution < -0.4 is 10.6 Å². The zero-order valence-electron chi connectivity index (χ0n) is 24.2. The minimum absolute atomic E-state index is 0.0609. The summed E-state index contributed by atoms with van der Waals surface area (Å²) in [4.78, 5) is 66.4. The number of fused-ring (bicyclic) bond motifs is 1. The van der Waals surface area contributed by atoms with Gasteiger partial charge < -0.3 is 25.0 Å². The molecule has 3 heterocycles. The van der Waals surface area contributed by atoms with E-state index in [0.29, 0.717) is 41.5 Å². The van der Waals surface area contributed by atoms with Gasteiger partial charge in [0.15, 0.2) is 5.78 Å². The van der Waals surface area contributed by atoms with Crippen molar-refractivity contribution < 1.29 is 32.8 Å². The third-order valence-electron chi connectivity index (χ3n) is 8.16. The van der Waals surface area contributed by atoms with Gasteiger partial charge in [0.2, 0.25) is 17.7 Å². The van der Waals surface area contributed by atoms with Crippen molar-refractivity contribution in [2.45, 2.75) is 58.0 Å². The first-order chi connectivity index (χ1) is 20.9. The molecule has 13 heteroatoms. The van der Waals surface area contributed by atoms with Crippen molar-refractivity contribution in [2.24, 2.45) is 0 Å². The molecule has 2 saturated heterocycles. The summed E-state index contributed by atoms with van der Waals surface area (Å²) >= 11 is 5.81. The number of nitrogens with one attached hydrogen (secondary N) is 2. The van der Waals surface area contributed by atoms with Crippen molar-refractivity contribution in [3.05, 3.63) is 70.1 Å². The number of alkyl halides is 1. The molecule has 0 spiro atoms. The van der Waals surface area contributed by atoms with Gasteiger partial charge in [-0.1, -0.05) is 29.8 Å². The fraction of sp³-hybridized carbons (Fsp3) is 0.387. The van der Waals surface area contributed by atoms with Gasteiger partial charge in [0.05, 0.1) is 17.1 Å². The van der Waals surface area contributed by atoms with E-state index in [9.17, 15) is 32.8 Å². The second-order valence-electron chi connectivity index (χ2n) is 11.2. The summed E-state index contributed by atoms with van der Waals surface area (Å²) < 4.78 is 30.3. The molecule has 0 radical (unpaired) electrons. The van der Waals surface area contributed by atoms with Crippen molar-refractivity contribution in [1.82, 2.24) is 25.0 Å². The molecule has 2 N–H and O–H groups in total. The van der Waals surface area contributed by atoms with E-state index >= 15 is 0 Å². The lowest BCUT2D eigenvalue weighted by molar-refractivity contribution is -0.139. The van der Waals surface area contributed by atoms with Crippen molar-refractivity contribution in [1.29, 1.82) is 0 Å². The maximum atomic E-state index is 14.5. The van der Waals surface area contributed by atoms with Crippen LogP contribution in [0.4, 0.5) is 8.78 Å². The maximum absolute atomic E-state index is 14.5. The zero-order valence-corrected chi connectivity index (χ0v) is 25.0. The SMILES string of the molecule is CC(=O)c1cn(CC(=O)N2CC(F)CC2C(=O)NCc2cccc(Cl)c2F)c2cc(C(=O)NC3CCN(C(C)=O)C3)ccc12. The van der Waals surface area contributed by atoms with Gasteiger partial charge in [-0.25, -0.2) is 8.78 Å². The Morgan fingerprint density at radius 1 is 1.07 bits per heavy atom. The maximum Gasteiger partial charge on any atom is 0.251 e. The van der Waals surface area contributed by atoms with Crippen LogP contribution in [0.3, 0.4) is 0 Å². The number of likely N-dealkylation sites (tertiary alicyclic amines) is 2. The summed E-state index contributed by atoms with van der Waals surface area (Å²) in [6, 6.07) is 7.86. The number of ketones is 1. The molecule has 2 fully saturated rings. The fourth-order valence-corrected chi connectivity index (χ4v) is 6.00. The molecule has 0 bridgehead atoms. The first kappa shape index (κ1) is 31.1. The van der Waals surface area contributed by atoms with Crippen molar-refractivity contribution in [2.75, 3.05) is 19.6 Å². The van der Waals surface area contributed by atoms with Crippen LogP contribution in [-0.2, 0) is 27.5 Å². The summed E-state index contributed by atoms with van der Waals surface area (Å²) in [6.07, 6.45) is 0.486. The highest BCUT2D eigenvalue weighted by molar-refractivity contribution is 6.30. The van der Waals surface area contributed by atoms with E-state index < -0.39 is 29.8 Å². The molecule has 3 unspecified atom stereocenters. The molecule has 2 aliphatic heterocycles. The number of rotatable bonds is 8. The monoisotopic (exact) mass is 627 g/mol. The third kappa shape index (κ3) is 6.45. The number of benzene rings is 2. The Bertz CT molecular complexity index is 1660. The second-order valence-corrected chi connectivity index (χ2v) is 11.6. The molecule has 3 atom stereocenters. The normalized spacial score (nSPS) is 19.8. The Morgan fingerprint density at radius 3 is 2.55 bits per heavy atom. The van der Waals surface area contributed by atoms with E-state index in [0.717, 1.165) is 4.90 Å². The molecule has 4 amide bonds. The number of amides is 4. The summed E-state index contributed by atoms with van der Waals surface area (Å²) in [5.74, 6) is -2.53. The highest BCUT2D eigenvalue weighted by Gasteiger charge is 2.40. The standard InChI is InChI=1S/C31H32ClF2N5O5/c1-17(40)24-15-38(26-10-19(6-7-23(24)26)30(43)36-22-8-9-37(14-22)18(2)41)16-28(42)39-13-21(33)11-27(39)31(44)35-12-20-4-3-5-25(32)29(20)34/h3-7,10,15,21-22,27H,8-9,11-14,16H2,1-2H3,(H,35,44)(H,36,43). The highest BCUT2D eigenvalue weighted by Crippen LogP contribution is 2.26. The van der Waals surface area contributed by atoms with Crippen LogP contribution in [0, 0.1) is 5.82 Å². The quantitative estimate of drug-likeness (QED) is 0.372. The molecule has 3 aromatic rings. The smallest absolute Gasteiger partial charge is 0.251 e. The number of carbonyl (C=O) groups excluding carboxylic acids is 5. The van der Waals surface area contributed by atoms with Gasteiger partial charge in [0.1, 0.15) is 24.6 Å². The summed E-state index contributed by atoms with van der Waals surface area (Å²) in [5, 5.41) is 5.94. The molecule has 1 aromatic heterocycles. The van der Waals surface area contributed by atoms with Crippen LogP contribution in [0.25, 0.3) is 10.9 Å². The predicted molar refractivity (Wildman–Crippen MR) is 158 cm³/mol. The van der Waals surface area contributed by atoms with Crippen molar-refractivity contribution in [3.63, 3.8) is 0 Å². The van der Waals surface area contributed by atoms with E-state index in [4.69, 9.17) is 11.6 Å². The fourth-order valence-electron chi connectivity index (χ4n) is 5.81. The molecular formula is C31H32ClF2N5O5. The number of carbonyl (C=O) groups is 5. The van der Waals surface area contributed by atoms with Crippen LogP contribution in [0.1, 0.15) is 53.0 Å². The minimum atomic E-state index is -1.43. The number of hydrogen-bond donors (Lipinski definition) is 2. The number of aromatic nitrogens is 1. The Balaban J connectivity index is 1.33. The number of Topliss-reactive ketones (excluding diaryl/α,β-unsaturated/α-hetero) is 1. The molecule has 0 saturated carbocycles. The topological polar surface area (TPSA) is 121 Å². The Kier molecular flexibility index (Phi) is 9.00. The molecule has 10 nitrogen and oxygen atoms in total. The van der Waals surface area contributed by atoms with Gasteiger partial charge in [-0.05, 0) is 31.5 Å². The average molecular weight is 628 g/mol. The Hall–Kier alpha value is -4.32. The predicted octanol–water partition coefficient (Wildman–Crippen LogP) is 3.24. The van der Waals surface area contributed by atoms with Crippen molar-refractivity contribution >= 4 is 51.9 Å². The lowest BCUT2D eigenvalue weighted by Gasteiger charge is -2.24. The van der Waals surface area contributed by atoms with Crippen LogP contribution in [0.2, 0.25) is 5.02 Å². The first-order valence-corrected chi connectivity index (χ1v) is 14.6. The molecule has 2 aliphatic rings. The van der Waals surface area contributed by atoms with Gasteiger partial charge in [0.25, 0.3) is 5.91 Å².